The Morgan fingerprint density at radius 2 is 2.00 bits per heavy atom. The summed E-state index contributed by atoms with van der Waals surface area (Å²) in [5, 5.41) is 10.8. The second kappa shape index (κ2) is 10.3. The fourth-order valence-electron chi connectivity index (χ4n) is 3.20. The molecular weight excluding hydrogens is 328 g/mol. The number of rotatable bonds is 8. The summed E-state index contributed by atoms with van der Waals surface area (Å²) in [6.45, 7) is 13.3. The van der Waals surface area contributed by atoms with Crippen LogP contribution in [-0.4, -0.2) is 29.6 Å². The third-order valence-electron chi connectivity index (χ3n) is 4.97. The molecule has 0 saturated heterocycles. The molecule has 1 N–H and O–H groups in total. The van der Waals surface area contributed by atoms with E-state index in [9.17, 15) is 14.7 Å². The minimum absolute atomic E-state index is 0.0157. The lowest BCUT2D eigenvalue weighted by molar-refractivity contribution is -0.139. The molecule has 0 aromatic heterocycles. The fourth-order valence-corrected chi connectivity index (χ4v) is 3.20. The molecule has 0 aromatic rings. The molecule has 0 unspecified atom stereocenters. The quantitative estimate of drug-likeness (QED) is 0.517. The van der Waals surface area contributed by atoms with Crippen LogP contribution in [0.15, 0.2) is 47.1 Å². The van der Waals surface area contributed by atoms with Crippen molar-refractivity contribution in [3.05, 3.63) is 47.1 Å². The third-order valence-corrected chi connectivity index (χ3v) is 4.97. The molecular formula is C22H32O4. The van der Waals surface area contributed by atoms with Crippen molar-refractivity contribution in [1.29, 1.82) is 0 Å². The maximum Gasteiger partial charge on any atom is 0.302 e. The number of aliphatic hydroxyl groups is 1. The number of aliphatic hydroxyl groups excluding tert-OH is 1. The van der Waals surface area contributed by atoms with Gasteiger partial charge in [-0.25, -0.2) is 0 Å². The summed E-state index contributed by atoms with van der Waals surface area (Å²) in [7, 11) is 0. The van der Waals surface area contributed by atoms with Gasteiger partial charge in [0.1, 0.15) is 6.61 Å². The molecule has 144 valence electrons. The van der Waals surface area contributed by atoms with Gasteiger partial charge in [0.2, 0.25) is 0 Å². The average Bonchev–Trinajstić information content (AvgIpc) is 2.55. The van der Waals surface area contributed by atoms with E-state index in [1.54, 1.807) is 0 Å². The summed E-state index contributed by atoms with van der Waals surface area (Å²) >= 11 is 0. The largest absolute Gasteiger partial charge is 0.462 e. The van der Waals surface area contributed by atoms with E-state index in [4.69, 9.17) is 4.74 Å². The number of ketones is 1. The predicted molar refractivity (Wildman–Crippen MR) is 105 cm³/mol. The Morgan fingerprint density at radius 1 is 1.35 bits per heavy atom. The molecule has 0 radical (unpaired) electrons. The van der Waals surface area contributed by atoms with E-state index < -0.39 is 12.0 Å². The maximum atomic E-state index is 12.6. The molecule has 1 aliphatic rings. The van der Waals surface area contributed by atoms with Crippen LogP contribution in [0.2, 0.25) is 0 Å². The summed E-state index contributed by atoms with van der Waals surface area (Å²) in [5.41, 5.74) is 3.60. The standard InChI is InChI=1S/C22H32O4/c1-14(2)19-11-10-17(5)22(25)20(19)21(24)16(4)9-7-8-15(3)12-13-26-18(6)23/h9-10,12,19-21,24H,1,7-8,11,13H2,2-6H3/b15-12+,16-9+/t19-,20+,21+/m1/s1. The van der Waals surface area contributed by atoms with Crippen molar-refractivity contribution in [3.63, 3.8) is 0 Å². The molecule has 1 aliphatic carbocycles. The van der Waals surface area contributed by atoms with Crippen molar-refractivity contribution in [3.8, 4) is 0 Å². The first kappa shape index (κ1) is 22.1. The van der Waals surface area contributed by atoms with Crippen molar-refractivity contribution in [2.24, 2.45) is 11.8 Å². The van der Waals surface area contributed by atoms with Crippen LogP contribution in [0.1, 0.15) is 53.9 Å². The fraction of sp³-hybridized carbons (Fsp3) is 0.545. The zero-order chi connectivity index (χ0) is 19.9. The van der Waals surface area contributed by atoms with Crippen LogP contribution >= 0.6 is 0 Å². The van der Waals surface area contributed by atoms with E-state index in [1.165, 1.54) is 6.92 Å². The van der Waals surface area contributed by atoms with Crippen molar-refractivity contribution >= 4 is 11.8 Å². The molecule has 0 spiro atoms. The van der Waals surface area contributed by atoms with Gasteiger partial charge in [-0.1, -0.05) is 29.9 Å². The highest BCUT2D eigenvalue weighted by Gasteiger charge is 2.38. The minimum atomic E-state index is -0.793. The van der Waals surface area contributed by atoms with Crippen molar-refractivity contribution < 1.29 is 19.4 Å². The molecule has 0 aliphatic heterocycles. The van der Waals surface area contributed by atoms with E-state index in [0.717, 1.165) is 41.6 Å². The molecule has 26 heavy (non-hydrogen) atoms. The lowest BCUT2D eigenvalue weighted by Gasteiger charge is -2.33. The highest BCUT2D eigenvalue weighted by atomic mass is 16.5. The molecule has 0 heterocycles. The van der Waals surface area contributed by atoms with Crippen LogP contribution in [-0.2, 0) is 14.3 Å². The van der Waals surface area contributed by atoms with Crippen molar-refractivity contribution in [2.45, 2.75) is 60.0 Å². The predicted octanol–water partition coefficient (Wildman–Crippen LogP) is 4.31. The summed E-state index contributed by atoms with van der Waals surface area (Å²) < 4.78 is 4.89. The summed E-state index contributed by atoms with van der Waals surface area (Å²) in [4.78, 5) is 23.3. The van der Waals surface area contributed by atoms with Gasteiger partial charge in [0, 0.05) is 6.92 Å². The lowest BCUT2D eigenvalue weighted by Crippen LogP contribution is -2.38. The van der Waals surface area contributed by atoms with Gasteiger partial charge < -0.3 is 9.84 Å². The van der Waals surface area contributed by atoms with Crippen molar-refractivity contribution in [2.75, 3.05) is 6.61 Å². The number of carbonyl (C=O) groups excluding carboxylic acids is 2. The highest BCUT2D eigenvalue weighted by molar-refractivity contribution is 5.98. The number of hydrogen-bond donors (Lipinski definition) is 1. The normalized spacial score (nSPS) is 22.7. The van der Waals surface area contributed by atoms with Gasteiger partial charge in [-0.15, -0.1) is 0 Å². The highest BCUT2D eigenvalue weighted by Crippen LogP contribution is 2.35. The molecule has 1 rings (SSSR count). The Kier molecular flexibility index (Phi) is 8.73. The minimum Gasteiger partial charge on any atom is -0.462 e. The van der Waals surface area contributed by atoms with Gasteiger partial charge in [0.15, 0.2) is 5.78 Å². The van der Waals surface area contributed by atoms with Crippen LogP contribution < -0.4 is 0 Å². The van der Waals surface area contributed by atoms with Crippen LogP contribution in [0.4, 0.5) is 0 Å². The monoisotopic (exact) mass is 360 g/mol. The molecule has 3 atom stereocenters. The van der Waals surface area contributed by atoms with Crippen LogP contribution in [0.25, 0.3) is 0 Å². The first-order valence-electron chi connectivity index (χ1n) is 9.15. The number of ether oxygens (including phenoxy) is 1. The Morgan fingerprint density at radius 3 is 2.58 bits per heavy atom. The smallest absolute Gasteiger partial charge is 0.302 e. The van der Waals surface area contributed by atoms with E-state index in [0.29, 0.717) is 0 Å². The summed E-state index contributed by atoms with van der Waals surface area (Å²) in [6.07, 6.45) is 7.35. The number of allylic oxidation sites excluding steroid dienone is 5. The number of Topliss-reactive ketones (excluding diaryl/α,β-unsaturated/α-hetero) is 1. The molecule has 4 nitrogen and oxygen atoms in total. The van der Waals surface area contributed by atoms with Gasteiger partial charge in [0.25, 0.3) is 0 Å². The first-order valence-corrected chi connectivity index (χ1v) is 9.15. The lowest BCUT2D eigenvalue weighted by atomic mass is 9.71. The van der Waals surface area contributed by atoms with E-state index in [1.807, 2.05) is 45.9 Å². The summed E-state index contributed by atoms with van der Waals surface area (Å²) in [5.74, 6) is -0.743. The average molecular weight is 360 g/mol. The SMILES string of the molecule is C=C(C)[C@H]1CC=C(C)C(=O)[C@@H]1[C@@H](O)/C(C)=C/CC/C(C)=C/COC(C)=O. The Labute approximate surface area is 157 Å². The number of esters is 1. The Hall–Kier alpha value is -1.94. The van der Waals surface area contributed by atoms with Gasteiger partial charge in [-0.05, 0) is 70.1 Å². The Balaban J connectivity index is 2.72. The molecule has 4 heteroatoms. The van der Waals surface area contributed by atoms with Gasteiger partial charge in [-0.2, -0.15) is 0 Å². The van der Waals surface area contributed by atoms with E-state index >= 15 is 0 Å². The van der Waals surface area contributed by atoms with Gasteiger partial charge in [0.05, 0.1) is 12.0 Å². The van der Waals surface area contributed by atoms with E-state index in [2.05, 4.69) is 6.58 Å². The maximum absolute atomic E-state index is 12.6. The molecule has 0 bridgehead atoms. The zero-order valence-electron chi connectivity index (χ0n) is 16.7. The number of hydrogen-bond acceptors (Lipinski definition) is 4. The Bertz CT molecular complexity index is 637. The van der Waals surface area contributed by atoms with Crippen LogP contribution in [0.5, 0.6) is 0 Å². The molecule has 0 fully saturated rings. The van der Waals surface area contributed by atoms with E-state index in [-0.39, 0.29) is 24.3 Å². The zero-order valence-corrected chi connectivity index (χ0v) is 16.7. The van der Waals surface area contributed by atoms with Gasteiger partial charge >= 0.3 is 5.97 Å². The molecule has 0 saturated carbocycles. The van der Waals surface area contributed by atoms with Crippen LogP contribution in [0, 0.1) is 11.8 Å². The second-order valence-corrected chi connectivity index (χ2v) is 7.25. The first-order chi connectivity index (χ1) is 12.1. The van der Waals surface area contributed by atoms with Gasteiger partial charge in [-0.3, -0.25) is 9.59 Å². The van der Waals surface area contributed by atoms with Crippen LogP contribution in [0.3, 0.4) is 0 Å². The topological polar surface area (TPSA) is 63.6 Å². The second-order valence-electron chi connectivity index (χ2n) is 7.25. The third kappa shape index (κ3) is 6.41. The van der Waals surface area contributed by atoms with Crippen molar-refractivity contribution in [1.82, 2.24) is 0 Å². The summed E-state index contributed by atoms with van der Waals surface area (Å²) in [6, 6.07) is 0. The molecule has 0 aromatic carbocycles. The molecule has 0 amide bonds. The number of carbonyl (C=O) groups is 2.